The first-order chi connectivity index (χ1) is 35.6. The molecule has 11 rings (SSSR count). The summed E-state index contributed by atoms with van der Waals surface area (Å²) in [6.07, 6.45) is 1.95. The lowest BCUT2D eigenvalue weighted by Crippen LogP contribution is -2.34. The van der Waals surface area contributed by atoms with Crippen molar-refractivity contribution in [3.8, 4) is 28.4 Å². The minimum Gasteiger partial charge on any atom is -0.457 e. The first-order valence-corrected chi connectivity index (χ1v) is 26.0. The van der Waals surface area contributed by atoms with Gasteiger partial charge in [0.2, 0.25) is 0 Å². The van der Waals surface area contributed by atoms with Crippen molar-refractivity contribution < 1.29 is 4.74 Å². The summed E-state index contributed by atoms with van der Waals surface area (Å²) in [6, 6.07) is 78.8. The van der Waals surface area contributed by atoms with E-state index >= 15 is 0 Å². The van der Waals surface area contributed by atoms with E-state index in [2.05, 4.69) is 295 Å². The van der Waals surface area contributed by atoms with Crippen LogP contribution in [0.25, 0.3) is 38.8 Å². The van der Waals surface area contributed by atoms with E-state index in [0.29, 0.717) is 6.67 Å². The summed E-state index contributed by atoms with van der Waals surface area (Å²) >= 11 is 0. The normalized spacial score (nSPS) is 13.6. The molecule has 8 aromatic carbocycles. The molecule has 0 saturated carbocycles. The molecule has 10 aromatic rings. The monoisotopic (exact) mass is 967 g/mol. The van der Waals surface area contributed by atoms with Crippen molar-refractivity contribution in [2.45, 2.75) is 84.0 Å². The molecule has 5 nitrogen and oxygen atoms in total. The maximum atomic E-state index is 7.05. The van der Waals surface area contributed by atoms with E-state index in [1.807, 2.05) is 6.20 Å². The Morgan fingerprint density at radius 1 is 0.378 bits per heavy atom. The van der Waals surface area contributed by atoms with Crippen LogP contribution in [0.5, 0.6) is 11.5 Å². The van der Waals surface area contributed by atoms with E-state index in [1.54, 1.807) is 0 Å². The summed E-state index contributed by atoms with van der Waals surface area (Å²) in [5.74, 6) is 2.37. The molecule has 0 atom stereocenters. The third-order valence-corrected chi connectivity index (χ3v) is 15.6. The Hall–Kier alpha value is -8.15. The van der Waals surface area contributed by atoms with Gasteiger partial charge < -0.3 is 14.5 Å². The van der Waals surface area contributed by atoms with Crippen molar-refractivity contribution in [1.29, 1.82) is 0 Å². The van der Waals surface area contributed by atoms with E-state index in [9.17, 15) is 0 Å². The number of allylic oxidation sites excluding steroid dienone is 2. The van der Waals surface area contributed by atoms with Crippen LogP contribution < -0.4 is 14.5 Å². The molecule has 74 heavy (non-hydrogen) atoms. The molecular formula is C69H66N4O. The second-order valence-electron chi connectivity index (χ2n) is 22.6. The van der Waals surface area contributed by atoms with Gasteiger partial charge in [-0.25, -0.2) is 4.98 Å². The molecule has 0 amide bonds. The minimum atomic E-state index is -0.406. The highest BCUT2D eigenvalue weighted by Crippen LogP contribution is 2.51. The summed E-state index contributed by atoms with van der Waals surface area (Å²) in [5.41, 5.74) is 14.4. The number of hydrogen-bond acceptors (Lipinski definition) is 4. The number of benzene rings is 8. The van der Waals surface area contributed by atoms with Crippen molar-refractivity contribution in [3.05, 3.63) is 264 Å². The molecule has 0 bridgehead atoms. The molecule has 2 aromatic heterocycles. The number of hydrogen-bond donors (Lipinski definition) is 0. The molecule has 368 valence electrons. The van der Waals surface area contributed by atoms with Crippen LogP contribution >= 0.6 is 0 Å². The molecule has 0 aliphatic carbocycles. The molecular weight excluding hydrogens is 901 g/mol. The van der Waals surface area contributed by atoms with Crippen LogP contribution in [0.2, 0.25) is 0 Å². The molecule has 1 aliphatic heterocycles. The van der Waals surface area contributed by atoms with Crippen LogP contribution in [0.15, 0.2) is 236 Å². The zero-order valence-electron chi connectivity index (χ0n) is 44.3. The predicted molar refractivity (Wildman–Crippen MR) is 310 cm³/mol. The first-order valence-electron chi connectivity index (χ1n) is 26.0. The maximum Gasteiger partial charge on any atom is 0.137 e. The summed E-state index contributed by atoms with van der Waals surface area (Å²) in [5, 5.41) is 2.29. The van der Waals surface area contributed by atoms with Crippen LogP contribution in [0.4, 0.5) is 11.4 Å². The van der Waals surface area contributed by atoms with Crippen LogP contribution in [0.3, 0.4) is 0 Å². The topological polar surface area (TPSA) is 33.5 Å². The summed E-state index contributed by atoms with van der Waals surface area (Å²) < 4.78 is 9.35. The van der Waals surface area contributed by atoms with Crippen molar-refractivity contribution >= 4 is 33.2 Å². The second-order valence-corrected chi connectivity index (χ2v) is 22.6. The van der Waals surface area contributed by atoms with E-state index in [0.717, 1.165) is 44.8 Å². The zero-order valence-corrected chi connectivity index (χ0v) is 44.3. The Morgan fingerprint density at radius 3 is 1.50 bits per heavy atom. The number of anilines is 2. The van der Waals surface area contributed by atoms with Gasteiger partial charge in [-0.15, -0.1) is 0 Å². The van der Waals surface area contributed by atoms with E-state index in [1.165, 1.54) is 56.0 Å². The fourth-order valence-electron chi connectivity index (χ4n) is 11.3. The second kappa shape index (κ2) is 18.7. The lowest BCUT2D eigenvalue weighted by Gasteiger charge is -2.38. The van der Waals surface area contributed by atoms with Crippen LogP contribution in [-0.2, 0) is 21.7 Å². The van der Waals surface area contributed by atoms with Gasteiger partial charge in [-0.05, 0) is 105 Å². The highest BCUT2D eigenvalue weighted by Gasteiger charge is 2.46. The average Bonchev–Trinajstić information content (AvgIpc) is 4.01. The zero-order chi connectivity index (χ0) is 51.4. The third-order valence-electron chi connectivity index (χ3n) is 15.6. The lowest BCUT2D eigenvalue weighted by molar-refractivity contribution is 0.483. The molecule has 1 aliphatic rings. The highest BCUT2D eigenvalue weighted by molar-refractivity contribution is 6.10. The van der Waals surface area contributed by atoms with Gasteiger partial charge in [-0.2, -0.15) is 0 Å². The molecule has 0 radical (unpaired) electrons. The average molecular weight is 967 g/mol. The Kier molecular flexibility index (Phi) is 12.2. The van der Waals surface area contributed by atoms with Crippen molar-refractivity contribution in [2.24, 2.45) is 0 Å². The number of rotatable bonds is 12. The van der Waals surface area contributed by atoms with Crippen LogP contribution in [-0.4, -0.2) is 16.2 Å². The SMILES string of the molecule is CC(C)(C)c1cccc(N2CN(c3cccc(Oc4ccc5c6cc(-c7ccccc7)ccc6n(-c6cc(C(C)(C)c7ccccc7)ccn6)c5c4)c3)C(C(C)(C)c3ccccc3)=C2C(C)(C)c2ccccc2)c1. The number of nitrogens with zero attached hydrogens (tertiary/aromatic N) is 4. The Bertz CT molecular complexity index is 3680. The Morgan fingerprint density at radius 2 is 0.905 bits per heavy atom. The van der Waals surface area contributed by atoms with Gasteiger partial charge in [0, 0.05) is 56.7 Å². The minimum absolute atomic E-state index is 0.0195. The highest BCUT2D eigenvalue weighted by atomic mass is 16.5. The number of aromatic nitrogens is 2. The maximum absolute atomic E-state index is 7.05. The summed E-state index contributed by atoms with van der Waals surface area (Å²) in [4.78, 5) is 10.2. The third kappa shape index (κ3) is 8.74. The molecule has 0 spiro atoms. The Labute approximate surface area is 438 Å². The van der Waals surface area contributed by atoms with Gasteiger partial charge in [0.25, 0.3) is 0 Å². The molecule has 5 heteroatoms. The van der Waals surface area contributed by atoms with Crippen LogP contribution in [0, 0.1) is 0 Å². The molecule has 0 saturated heterocycles. The smallest absolute Gasteiger partial charge is 0.137 e. The lowest BCUT2D eigenvalue weighted by atomic mass is 9.73. The van der Waals surface area contributed by atoms with E-state index in [4.69, 9.17) is 9.72 Å². The van der Waals surface area contributed by atoms with Crippen molar-refractivity contribution in [2.75, 3.05) is 16.5 Å². The van der Waals surface area contributed by atoms with Gasteiger partial charge >= 0.3 is 0 Å². The number of pyridine rings is 1. The Balaban J connectivity index is 1.05. The molecule has 0 N–H and O–H groups in total. The largest absolute Gasteiger partial charge is 0.457 e. The van der Waals surface area contributed by atoms with Crippen molar-refractivity contribution in [3.63, 3.8) is 0 Å². The van der Waals surface area contributed by atoms with Gasteiger partial charge in [0.05, 0.1) is 29.1 Å². The van der Waals surface area contributed by atoms with Gasteiger partial charge in [-0.3, -0.25) is 4.57 Å². The fourth-order valence-corrected chi connectivity index (χ4v) is 11.3. The molecule has 0 unspecified atom stereocenters. The fraction of sp³-hybridized carbons (Fsp3) is 0.203. The number of ether oxygens (including phenoxy) is 1. The summed E-state index contributed by atoms with van der Waals surface area (Å²) in [6.45, 7) is 21.6. The van der Waals surface area contributed by atoms with E-state index < -0.39 is 5.41 Å². The van der Waals surface area contributed by atoms with Crippen LogP contribution in [0.1, 0.15) is 90.1 Å². The van der Waals surface area contributed by atoms with E-state index in [-0.39, 0.29) is 16.2 Å². The van der Waals surface area contributed by atoms with Gasteiger partial charge in [0.1, 0.15) is 17.3 Å². The first kappa shape index (κ1) is 48.1. The number of fused-ring (bicyclic) bond motifs is 3. The predicted octanol–water partition coefficient (Wildman–Crippen LogP) is 17.7. The van der Waals surface area contributed by atoms with Gasteiger partial charge in [0.15, 0.2) is 0 Å². The molecule has 0 fully saturated rings. The quantitative estimate of drug-likeness (QED) is 0.122. The molecule has 3 heterocycles. The standard InChI is InChI=1S/C69H66N4O/c1-66(2,3)53-32-22-33-55(43-53)71-47-72(65(69(8,9)52-30-20-13-21-31-52)64(71)68(6,7)51-28-18-12-19-29-51)56-34-23-35-57(45-56)74-58-37-38-59-60-42-49(48-24-14-10-15-25-48)36-39-61(60)73(62(59)46-58)63-44-54(40-41-70-63)67(4,5)50-26-16-11-17-27-50/h10-46H,47H2,1-9H3. The van der Waals surface area contributed by atoms with Crippen molar-refractivity contribution in [1.82, 2.24) is 9.55 Å². The summed E-state index contributed by atoms with van der Waals surface area (Å²) in [7, 11) is 0. The van der Waals surface area contributed by atoms with Gasteiger partial charge in [-0.1, -0.05) is 208 Å².